The van der Waals surface area contributed by atoms with Crippen LogP contribution < -0.4 is 10.1 Å². The number of nitrogens with one attached hydrogen (secondary N) is 1. The maximum Gasteiger partial charge on any atom is 0.226 e. The zero-order valence-electron chi connectivity index (χ0n) is 15.2. The number of carbonyl (C=O) groups excluding carboxylic acids is 1. The van der Waals surface area contributed by atoms with E-state index in [2.05, 4.69) is 10.3 Å². The van der Waals surface area contributed by atoms with Crippen LogP contribution in [0, 0.1) is 5.82 Å². The minimum atomic E-state index is -0.312. The highest BCUT2D eigenvalue weighted by Crippen LogP contribution is 2.26. The van der Waals surface area contributed by atoms with Gasteiger partial charge in [-0.1, -0.05) is 12.1 Å². The molecule has 3 rings (SSSR count). The van der Waals surface area contributed by atoms with Gasteiger partial charge >= 0.3 is 0 Å². The van der Waals surface area contributed by atoms with Crippen LogP contribution in [0.2, 0.25) is 0 Å². The van der Waals surface area contributed by atoms with Gasteiger partial charge < -0.3 is 10.1 Å². The third-order valence-corrected chi connectivity index (χ3v) is 4.97. The normalized spacial score (nSPS) is 11.8. The molecule has 0 spiro atoms. The number of aromatic nitrogens is 1. The summed E-state index contributed by atoms with van der Waals surface area (Å²) < 4.78 is 18.8. The molecule has 27 heavy (non-hydrogen) atoms. The highest BCUT2D eigenvalue weighted by Gasteiger charge is 2.13. The molecule has 1 atom stereocenters. The molecule has 0 saturated carbocycles. The van der Waals surface area contributed by atoms with Crippen LogP contribution >= 0.6 is 11.3 Å². The Morgan fingerprint density at radius 2 is 2.04 bits per heavy atom. The summed E-state index contributed by atoms with van der Waals surface area (Å²) in [6.45, 7) is 4.41. The van der Waals surface area contributed by atoms with Crippen molar-refractivity contribution in [3.63, 3.8) is 0 Å². The number of hydrogen-bond acceptors (Lipinski definition) is 4. The average molecular weight is 384 g/mol. The molecule has 0 radical (unpaired) electrons. The van der Waals surface area contributed by atoms with E-state index < -0.39 is 0 Å². The van der Waals surface area contributed by atoms with Crippen LogP contribution in [0.3, 0.4) is 0 Å². The summed E-state index contributed by atoms with van der Waals surface area (Å²) in [6.07, 6.45) is 0.188. The molecule has 1 amide bonds. The van der Waals surface area contributed by atoms with Crippen LogP contribution in [0.5, 0.6) is 5.75 Å². The van der Waals surface area contributed by atoms with Gasteiger partial charge in [0.1, 0.15) is 16.6 Å². The molecule has 0 unspecified atom stereocenters. The SMILES string of the molecule is CCOc1ccc(-c2nc(CC(=O)N[C@@H](C)c3cccc(F)c3)cs2)cc1. The van der Waals surface area contributed by atoms with Crippen LogP contribution in [0.15, 0.2) is 53.9 Å². The molecule has 2 aromatic carbocycles. The van der Waals surface area contributed by atoms with Gasteiger partial charge in [0.2, 0.25) is 5.91 Å². The summed E-state index contributed by atoms with van der Waals surface area (Å²) in [5.41, 5.74) is 2.44. The van der Waals surface area contributed by atoms with E-state index in [9.17, 15) is 9.18 Å². The van der Waals surface area contributed by atoms with Gasteiger partial charge in [0.25, 0.3) is 0 Å². The first-order valence-electron chi connectivity index (χ1n) is 8.77. The van der Waals surface area contributed by atoms with E-state index in [4.69, 9.17) is 4.74 Å². The van der Waals surface area contributed by atoms with Crippen molar-refractivity contribution in [2.45, 2.75) is 26.3 Å². The molecule has 6 heteroatoms. The van der Waals surface area contributed by atoms with Gasteiger partial charge in [-0.2, -0.15) is 0 Å². The highest BCUT2D eigenvalue weighted by molar-refractivity contribution is 7.13. The Morgan fingerprint density at radius 3 is 2.74 bits per heavy atom. The van der Waals surface area contributed by atoms with Gasteiger partial charge in [-0.25, -0.2) is 9.37 Å². The molecule has 0 aliphatic carbocycles. The zero-order valence-corrected chi connectivity index (χ0v) is 16.1. The summed E-state index contributed by atoms with van der Waals surface area (Å²) in [4.78, 5) is 16.8. The van der Waals surface area contributed by atoms with Gasteiger partial charge in [0, 0.05) is 10.9 Å². The second-order valence-corrected chi connectivity index (χ2v) is 6.98. The second kappa shape index (κ2) is 8.77. The highest BCUT2D eigenvalue weighted by atomic mass is 32.1. The lowest BCUT2D eigenvalue weighted by atomic mass is 10.1. The summed E-state index contributed by atoms with van der Waals surface area (Å²) in [7, 11) is 0. The van der Waals surface area contributed by atoms with Gasteiger partial charge in [-0.3, -0.25) is 4.79 Å². The van der Waals surface area contributed by atoms with Crippen LogP contribution in [0.4, 0.5) is 4.39 Å². The number of carbonyl (C=O) groups is 1. The number of thiazole rings is 1. The number of hydrogen-bond donors (Lipinski definition) is 1. The Hall–Kier alpha value is -2.73. The predicted octanol–water partition coefficient (Wildman–Crippen LogP) is 4.77. The number of ether oxygens (including phenoxy) is 1. The van der Waals surface area contributed by atoms with Crippen molar-refractivity contribution in [1.29, 1.82) is 0 Å². The zero-order chi connectivity index (χ0) is 19.2. The third-order valence-electron chi connectivity index (χ3n) is 4.03. The maximum absolute atomic E-state index is 13.3. The minimum absolute atomic E-state index is 0.143. The molecule has 0 saturated heterocycles. The van der Waals surface area contributed by atoms with Crippen molar-refractivity contribution in [2.24, 2.45) is 0 Å². The van der Waals surface area contributed by atoms with Crippen molar-refractivity contribution < 1.29 is 13.9 Å². The minimum Gasteiger partial charge on any atom is -0.494 e. The molecule has 1 N–H and O–H groups in total. The standard InChI is InChI=1S/C21H21FN2O2S/c1-3-26-19-9-7-15(8-10-19)21-24-18(13-27-21)12-20(25)23-14(2)16-5-4-6-17(22)11-16/h4-11,13-14H,3,12H2,1-2H3,(H,23,25)/t14-/m0/s1. The van der Waals surface area contributed by atoms with Gasteiger partial charge in [0.15, 0.2) is 0 Å². The molecule has 1 aromatic heterocycles. The van der Waals surface area contributed by atoms with E-state index >= 15 is 0 Å². The van der Waals surface area contributed by atoms with E-state index in [0.29, 0.717) is 12.3 Å². The first-order valence-corrected chi connectivity index (χ1v) is 9.65. The fourth-order valence-electron chi connectivity index (χ4n) is 2.70. The number of halogens is 1. The Kier molecular flexibility index (Phi) is 6.19. The molecule has 0 aliphatic rings. The van der Waals surface area contributed by atoms with Crippen LogP contribution in [0.25, 0.3) is 10.6 Å². The topological polar surface area (TPSA) is 51.2 Å². The Bertz CT molecular complexity index is 909. The van der Waals surface area contributed by atoms with E-state index in [1.807, 2.05) is 43.5 Å². The fraction of sp³-hybridized carbons (Fsp3) is 0.238. The van der Waals surface area contributed by atoms with E-state index in [1.54, 1.807) is 12.1 Å². The Balaban J connectivity index is 1.60. The second-order valence-electron chi connectivity index (χ2n) is 6.12. The maximum atomic E-state index is 13.3. The number of rotatable bonds is 7. The number of amides is 1. The Morgan fingerprint density at radius 1 is 1.26 bits per heavy atom. The number of nitrogens with zero attached hydrogens (tertiary/aromatic N) is 1. The van der Waals surface area contributed by atoms with E-state index in [1.165, 1.54) is 23.5 Å². The largest absolute Gasteiger partial charge is 0.494 e. The van der Waals surface area contributed by atoms with Crippen LogP contribution in [0.1, 0.15) is 31.1 Å². The first-order chi connectivity index (χ1) is 13.0. The monoisotopic (exact) mass is 384 g/mol. The Labute approximate surface area is 162 Å². The van der Waals surface area contributed by atoms with Gasteiger partial charge in [0.05, 0.1) is 24.8 Å². The van der Waals surface area contributed by atoms with Crippen molar-refractivity contribution in [1.82, 2.24) is 10.3 Å². The van der Waals surface area contributed by atoms with Gasteiger partial charge in [-0.05, 0) is 55.8 Å². The van der Waals surface area contributed by atoms with Crippen molar-refractivity contribution in [2.75, 3.05) is 6.61 Å². The molecule has 1 heterocycles. The molecule has 0 aliphatic heterocycles. The molecular formula is C21H21FN2O2S. The lowest BCUT2D eigenvalue weighted by molar-refractivity contribution is -0.121. The lowest BCUT2D eigenvalue weighted by Gasteiger charge is -2.14. The fourth-order valence-corrected chi connectivity index (χ4v) is 3.52. The van der Waals surface area contributed by atoms with E-state index in [0.717, 1.165) is 21.9 Å². The smallest absolute Gasteiger partial charge is 0.226 e. The molecule has 140 valence electrons. The quantitative estimate of drug-likeness (QED) is 0.638. The summed E-state index contributed by atoms with van der Waals surface area (Å²) in [5.74, 6) is 0.368. The molecule has 0 fully saturated rings. The van der Waals surface area contributed by atoms with Crippen LogP contribution in [-0.2, 0) is 11.2 Å². The predicted molar refractivity (Wildman–Crippen MR) is 105 cm³/mol. The summed E-state index contributed by atoms with van der Waals surface area (Å²) in [5, 5.41) is 5.63. The lowest BCUT2D eigenvalue weighted by Crippen LogP contribution is -2.28. The summed E-state index contributed by atoms with van der Waals surface area (Å²) in [6, 6.07) is 13.7. The number of benzene rings is 2. The molecular weight excluding hydrogens is 363 g/mol. The first kappa shape index (κ1) is 19.0. The van der Waals surface area contributed by atoms with Gasteiger partial charge in [-0.15, -0.1) is 11.3 Å². The van der Waals surface area contributed by atoms with Crippen molar-refractivity contribution >= 4 is 17.2 Å². The van der Waals surface area contributed by atoms with Crippen molar-refractivity contribution in [3.8, 4) is 16.3 Å². The average Bonchev–Trinajstić information content (AvgIpc) is 3.11. The molecule has 0 bridgehead atoms. The third kappa shape index (κ3) is 5.14. The van der Waals surface area contributed by atoms with E-state index in [-0.39, 0.29) is 24.2 Å². The summed E-state index contributed by atoms with van der Waals surface area (Å²) >= 11 is 1.50. The molecule has 3 aromatic rings. The molecule has 4 nitrogen and oxygen atoms in total. The van der Waals surface area contributed by atoms with Crippen molar-refractivity contribution in [3.05, 3.63) is 71.0 Å². The van der Waals surface area contributed by atoms with Crippen LogP contribution in [-0.4, -0.2) is 17.5 Å².